The molecule has 1 amide bonds. The van der Waals surface area contributed by atoms with Crippen LogP contribution in [0.25, 0.3) is 0 Å². The van der Waals surface area contributed by atoms with Gasteiger partial charge in [0.15, 0.2) is 17.5 Å². The van der Waals surface area contributed by atoms with Crippen molar-refractivity contribution in [3.63, 3.8) is 0 Å². The first-order valence-corrected chi connectivity index (χ1v) is 5.96. The number of nitrogens with one attached hydrogen (secondary N) is 1. The van der Waals surface area contributed by atoms with Crippen molar-refractivity contribution in [1.29, 1.82) is 0 Å². The van der Waals surface area contributed by atoms with E-state index in [1.54, 1.807) is 24.3 Å². The van der Waals surface area contributed by atoms with Gasteiger partial charge >= 0.3 is 0 Å². The van der Waals surface area contributed by atoms with E-state index in [0.717, 1.165) is 17.7 Å². The van der Waals surface area contributed by atoms with Gasteiger partial charge in [-0.25, -0.2) is 13.2 Å². The van der Waals surface area contributed by atoms with E-state index in [9.17, 15) is 18.0 Å². The van der Waals surface area contributed by atoms with Crippen molar-refractivity contribution in [1.82, 2.24) is 5.32 Å². The number of carbonyl (C=O) groups excluding carboxylic acids is 1. The fourth-order valence-corrected chi connectivity index (χ4v) is 1.68. The normalized spacial score (nSPS) is 10.4. The summed E-state index contributed by atoms with van der Waals surface area (Å²) >= 11 is 0. The minimum absolute atomic E-state index is 0.107. The zero-order valence-corrected chi connectivity index (χ0v) is 10.7. The molecule has 0 bridgehead atoms. The highest BCUT2D eigenvalue weighted by molar-refractivity contribution is 5.94. The summed E-state index contributed by atoms with van der Waals surface area (Å²) in [5.74, 6) is -4.48. The number of rotatable bonds is 3. The molecule has 0 aromatic heterocycles. The van der Waals surface area contributed by atoms with Crippen molar-refractivity contribution < 1.29 is 18.0 Å². The van der Waals surface area contributed by atoms with Crippen molar-refractivity contribution in [2.45, 2.75) is 13.5 Å². The van der Waals surface area contributed by atoms with Gasteiger partial charge in [0.05, 0.1) is 0 Å². The van der Waals surface area contributed by atoms with Gasteiger partial charge < -0.3 is 5.32 Å². The zero-order valence-electron chi connectivity index (χ0n) is 10.7. The fraction of sp³-hybridized carbons (Fsp3) is 0.133. The van der Waals surface area contributed by atoms with Gasteiger partial charge in [-0.05, 0) is 25.1 Å². The number of aryl methyl sites for hydroxylation is 1. The van der Waals surface area contributed by atoms with Crippen molar-refractivity contribution in [3.8, 4) is 0 Å². The van der Waals surface area contributed by atoms with Gasteiger partial charge in [-0.15, -0.1) is 0 Å². The second-order valence-corrected chi connectivity index (χ2v) is 4.38. The van der Waals surface area contributed by atoms with E-state index in [4.69, 9.17) is 0 Å². The summed E-state index contributed by atoms with van der Waals surface area (Å²) in [6.07, 6.45) is 0. The molecule has 5 heteroatoms. The molecule has 0 saturated heterocycles. The Balaban J connectivity index is 2.07. The lowest BCUT2D eigenvalue weighted by molar-refractivity contribution is 0.0950. The van der Waals surface area contributed by atoms with Crippen LogP contribution in [-0.2, 0) is 6.54 Å². The van der Waals surface area contributed by atoms with Gasteiger partial charge in [0.25, 0.3) is 5.91 Å². The number of halogens is 3. The molecule has 0 aliphatic carbocycles. The smallest absolute Gasteiger partial charge is 0.251 e. The third-order valence-electron chi connectivity index (χ3n) is 2.87. The van der Waals surface area contributed by atoms with Crippen LogP contribution in [0.4, 0.5) is 13.2 Å². The lowest BCUT2D eigenvalue weighted by atomic mass is 10.1. The molecule has 0 saturated carbocycles. The molecule has 2 aromatic carbocycles. The Hall–Kier alpha value is -2.30. The monoisotopic (exact) mass is 279 g/mol. The average Bonchev–Trinajstić information content (AvgIpc) is 2.44. The van der Waals surface area contributed by atoms with Crippen LogP contribution in [0, 0.1) is 24.4 Å². The Kier molecular flexibility index (Phi) is 4.08. The molecule has 20 heavy (non-hydrogen) atoms. The van der Waals surface area contributed by atoms with Crippen LogP contribution in [0.1, 0.15) is 21.5 Å². The van der Waals surface area contributed by atoms with Crippen molar-refractivity contribution in [2.75, 3.05) is 0 Å². The highest BCUT2D eigenvalue weighted by Crippen LogP contribution is 2.15. The maximum atomic E-state index is 13.4. The van der Waals surface area contributed by atoms with Gasteiger partial charge in [0.2, 0.25) is 0 Å². The largest absolute Gasteiger partial charge is 0.348 e. The Morgan fingerprint density at radius 1 is 1.00 bits per heavy atom. The van der Waals surface area contributed by atoms with Crippen LogP contribution >= 0.6 is 0 Å². The quantitative estimate of drug-likeness (QED) is 0.858. The van der Waals surface area contributed by atoms with Crippen LogP contribution in [-0.4, -0.2) is 5.91 Å². The van der Waals surface area contributed by atoms with Gasteiger partial charge in [0.1, 0.15) is 0 Å². The maximum absolute atomic E-state index is 13.4. The molecule has 1 N–H and O–H groups in total. The summed E-state index contributed by atoms with van der Waals surface area (Å²) in [6, 6.07) is 8.73. The number of hydrogen-bond donors (Lipinski definition) is 1. The highest BCUT2D eigenvalue weighted by Gasteiger charge is 2.14. The first-order chi connectivity index (χ1) is 9.49. The third-order valence-corrected chi connectivity index (χ3v) is 2.87. The molecular weight excluding hydrogens is 267 g/mol. The summed E-state index contributed by atoms with van der Waals surface area (Å²) in [5, 5.41) is 2.45. The topological polar surface area (TPSA) is 29.1 Å². The van der Waals surface area contributed by atoms with Crippen LogP contribution in [0.5, 0.6) is 0 Å². The molecule has 0 fully saturated rings. The molecule has 0 aliphatic heterocycles. The van der Waals surface area contributed by atoms with Crippen LogP contribution in [0.15, 0.2) is 36.4 Å². The van der Waals surface area contributed by atoms with Crippen LogP contribution < -0.4 is 5.32 Å². The standard InChI is InChI=1S/C15H12F3NO/c1-9-2-4-10(5-3-9)15(20)19-8-11-6-7-12(16)14(18)13(11)17/h2-7H,8H2,1H3,(H,19,20). The highest BCUT2D eigenvalue weighted by atomic mass is 19.2. The summed E-state index contributed by atoms with van der Waals surface area (Å²) in [5.41, 5.74) is 1.32. The molecule has 0 radical (unpaired) electrons. The first-order valence-electron chi connectivity index (χ1n) is 5.96. The molecule has 0 atom stereocenters. The van der Waals surface area contributed by atoms with Gasteiger partial charge in [-0.1, -0.05) is 23.8 Å². The van der Waals surface area contributed by atoms with E-state index in [0.29, 0.717) is 5.56 Å². The van der Waals surface area contributed by atoms with Crippen molar-refractivity contribution >= 4 is 5.91 Å². The van der Waals surface area contributed by atoms with Gasteiger partial charge in [-0.2, -0.15) is 0 Å². The lowest BCUT2D eigenvalue weighted by Gasteiger charge is -2.07. The van der Waals surface area contributed by atoms with Gasteiger partial charge in [-0.3, -0.25) is 4.79 Å². The number of amides is 1. The van der Waals surface area contributed by atoms with E-state index in [1.165, 1.54) is 0 Å². The minimum atomic E-state index is -1.54. The Bertz CT molecular complexity index is 638. The summed E-state index contributed by atoms with van der Waals surface area (Å²) in [7, 11) is 0. The van der Waals surface area contributed by atoms with E-state index < -0.39 is 23.4 Å². The second kappa shape index (κ2) is 5.77. The van der Waals surface area contributed by atoms with Gasteiger partial charge in [0, 0.05) is 17.7 Å². The molecular formula is C15H12F3NO. The van der Waals surface area contributed by atoms with Crippen molar-refractivity contribution in [3.05, 3.63) is 70.5 Å². The van der Waals surface area contributed by atoms with Crippen molar-refractivity contribution in [2.24, 2.45) is 0 Å². The summed E-state index contributed by atoms with van der Waals surface area (Å²) in [4.78, 5) is 11.8. The average molecular weight is 279 g/mol. The van der Waals surface area contributed by atoms with E-state index in [1.807, 2.05) is 6.92 Å². The minimum Gasteiger partial charge on any atom is -0.348 e. The number of benzene rings is 2. The fourth-order valence-electron chi connectivity index (χ4n) is 1.68. The molecule has 2 nitrogen and oxygen atoms in total. The summed E-state index contributed by atoms with van der Waals surface area (Å²) in [6.45, 7) is 1.67. The predicted octanol–water partition coefficient (Wildman–Crippen LogP) is 3.34. The predicted molar refractivity (Wildman–Crippen MR) is 68.7 cm³/mol. The molecule has 0 spiro atoms. The molecule has 0 unspecified atom stereocenters. The van der Waals surface area contributed by atoms with E-state index in [2.05, 4.69) is 5.32 Å². The number of hydrogen-bond acceptors (Lipinski definition) is 1. The molecule has 2 aromatic rings. The summed E-state index contributed by atoms with van der Waals surface area (Å²) < 4.78 is 39.2. The van der Waals surface area contributed by atoms with E-state index >= 15 is 0 Å². The molecule has 2 rings (SSSR count). The molecule has 0 aliphatic rings. The second-order valence-electron chi connectivity index (χ2n) is 4.38. The maximum Gasteiger partial charge on any atom is 0.251 e. The third kappa shape index (κ3) is 2.99. The molecule has 104 valence electrons. The van der Waals surface area contributed by atoms with Crippen LogP contribution in [0.2, 0.25) is 0 Å². The Morgan fingerprint density at radius 3 is 2.30 bits per heavy atom. The Morgan fingerprint density at radius 2 is 1.65 bits per heavy atom. The molecule has 0 heterocycles. The number of carbonyl (C=O) groups is 1. The first kappa shape index (κ1) is 14.1. The zero-order chi connectivity index (χ0) is 14.7. The SMILES string of the molecule is Cc1ccc(C(=O)NCc2ccc(F)c(F)c2F)cc1. The van der Waals surface area contributed by atoms with E-state index in [-0.39, 0.29) is 12.1 Å². The Labute approximate surface area is 114 Å². The lowest BCUT2D eigenvalue weighted by Crippen LogP contribution is -2.23. The van der Waals surface area contributed by atoms with Crippen LogP contribution in [0.3, 0.4) is 0 Å².